The number of allylic oxidation sites excluding steroid dienone is 2. The van der Waals surface area contributed by atoms with Gasteiger partial charge in [0, 0.05) is 0 Å². The summed E-state index contributed by atoms with van der Waals surface area (Å²) in [6, 6.07) is 16.0. The third-order valence-corrected chi connectivity index (χ3v) is 5.95. The molecule has 4 rings (SSSR count). The van der Waals surface area contributed by atoms with E-state index < -0.39 is 0 Å². The van der Waals surface area contributed by atoms with Crippen LogP contribution < -0.4 is 0 Å². The molecule has 0 aliphatic heterocycles. The van der Waals surface area contributed by atoms with Crippen LogP contribution in [0.1, 0.15) is 27.7 Å². The normalized spacial score (nSPS) is 12.6. The van der Waals surface area contributed by atoms with E-state index in [1.807, 2.05) is 57.9 Å². The van der Waals surface area contributed by atoms with Crippen LogP contribution in [0.4, 0.5) is 0 Å². The van der Waals surface area contributed by atoms with E-state index in [9.17, 15) is 0 Å². The maximum Gasteiger partial charge on any atom is 0.113 e. The lowest BCUT2D eigenvalue weighted by molar-refractivity contribution is 0.808. The van der Waals surface area contributed by atoms with Crippen molar-refractivity contribution in [2.45, 2.75) is 27.7 Å². The molecule has 2 heterocycles. The molecule has 6 nitrogen and oxygen atoms in total. The van der Waals surface area contributed by atoms with Crippen molar-refractivity contribution in [3.05, 3.63) is 60.7 Å². The zero-order valence-corrected chi connectivity index (χ0v) is 21.1. The Balaban J connectivity index is 0.000000181. The molecule has 8 heteroatoms. The molecule has 0 unspecified atom stereocenters. The summed E-state index contributed by atoms with van der Waals surface area (Å²) in [4.78, 5) is 0. The Kier molecular flexibility index (Phi) is 8.53. The molecular formula is C24H30N6S2. The summed E-state index contributed by atoms with van der Waals surface area (Å²) in [6.45, 7) is 8.65. The minimum atomic E-state index is 0.505. The summed E-state index contributed by atoms with van der Waals surface area (Å²) >= 11 is 3.38. The first-order valence-corrected chi connectivity index (χ1v) is 13.0. The van der Waals surface area contributed by atoms with Crippen molar-refractivity contribution in [2.24, 2.45) is 11.8 Å². The van der Waals surface area contributed by atoms with E-state index in [0.29, 0.717) is 11.8 Å². The van der Waals surface area contributed by atoms with Gasteiger partial charge in [0.15, 0.2) is 0 Å². The molecule has 32 heavy (non-hydrogen) atoms. The molecule has 0 amide bonds. The molecule has 168 valence electrons. The lowest BCUT2D eigenvalue weighted by atomic mass is 10.2. The summed E-state index contributed by atoms with van der Waals surface area (Å²) in [6.07, 6.45) is 8.52. The number of fused-ring (bicyclic) bond motifs is 2. The van der Waals surface area contributed by atoms with E-state index in [0.717, 1.165) is 32.1 Å². The molecule has 0 bridgehead atoms. The lowest BCUT2D eigenvalue weighted by Crippen LogP contribution is -1.97. The standard InChI is InChI=1S/2C12H15N3S/c2*1-9(2)8-12(16-3)15-11-7-5-4-6-10(11)13-14-15/h2*4-9H,1-3H3/b12-8+;12-8-. The molecule has 0 aliphatic carbocycles. The van der Waals surface area contributed by atoms with Gasteiger partial charge in [-0.3, -0.25) is 0 Å². The zero-order valence-electron chi connectivity index (χ0n) is 19.4. The van der Waals surface area contributed by atoms with Gasteiger partial charge < -0.3 is 0 Å². The molecule has 0 fully saturated rings. The van der Waals surface area contributed by atoms with Gasteiger partial charge in [0.2, 0.25) is 0 Å². The summed E-state index contributed by atoms with van der Waals surface area (Å²) < 4.78 is 3.81. The van der Waals surface area contributed by atoms with Crippen molar-refractivity contribution in [2.75, 3.05) is 12.5 Å². The molecule has 2 aromatic carbocycles. The maximum atomic E-state index is 4.20. The monoisotopic (exact) mass is 466 g/mol. The van der Waals surface area contributed by atoms with Crippen molar-refractivity contribution in [1.82, 2.24) is 30.0 Å². The van der Waals surface area contributed by atoms with Gasteiger partial charge in [0.1, 0.15) is 11.0 Å². The maximum absolute atomic E-state index is 4.20. The minimum absolute atomic E-state index is 0.505. The second-order valence-corrected chi connectivity index (χ2v) is 9.54. The third kappa shape index (κ3) is 5.81. The van der Waals surface area contributed by atoms with Gasteiger partial charge in [-0.15, -0.1) is 33.7 Å². The molecule has 4 aromatic rings. The Bertz CT molecular complexity index is 1120. The van der Waals surface area contributed by atoms with Gasteiger partial charge in [-0.1, -0.05) is 62.4 Å². The first-order chi connectivity index (χ1) is 15.4. The van der Waals surface area contributed by atoms with Gasteiger partial charge in [-0.2, -0.15) is 0 Å². The van der Waals surface area contributed by atoms with E-state index in [1.54, 1.807) is 23.5 Å². The molecular weight excluding hydrogens is 436 g/mol. The molecule has 0 aliphatic rings. The highest BCUT2D eigenvalue weighted by Crippen LogP contribution is 2.24. The van der Waals surface area contributed by atoms with Gasteiger partial charge in [0.25, 0.3) is 0 Å². The number of thioether (sulfide) groups is 2. The van der Waals surface area contributed by atoms with Crippen LogP contribution in [0.15, 0.2) is 60.7 Å². The van der Waals surface area contributed by atoms with Crippen LogP contribution in [0, 0.1) is 11.8 Å². The highest BCUT2D eigenvalue weighted by molar-refractivity contribution is 8.07. The van der Waals surface area contributed by atoms with Crippen molar-refractivity contribution in [3.63, 3.8) is 0 Å². The fraction of sp³-hybridized carbons (Fsp3) is 0.333. The van der Waals surface area contributed by atoms with E-state index >= 15 is 0 Å². The zero-order chi connectivity index (χ0) is 23.1. The second-order valence-electron chi connectivity index (χ2n) is 7.89. The number of nitrogens with zero attached hydrogens (tertiary/aromatic N) is 6. The smallest absolute Gasteiger partial charge is 0.113 e. The van der Waals surface area contributed by atoms with Crippen molar-refractivity contribution in [1.29, 1.82) is 0 Å². The minimum Gasteiger partial charge on any atom is -0.207 e. The van der Waals surface area contributed by atoms with Crippen LogP contribution >= 0.6 is 23.5 Å². The predicted molar refractivity (Wildman–Crippen MR) is 140 cm³/mol. The van der Waals surface area contributed by atoms with Gasteiger partial charge in [0.05, 0.1) is 21.1 Å². The van der Waals surface area contributed by atoms with Crippen molar-refractivity contribution in [3.8, 4) is 0 Å². The van der Waals surface area contributed by atoms with Gasteiger partial charge in [-0.05, 0) is 60.8 Å². The Morgan fingerprint density at radius 3 is 1.41 bits per heavy atom. The Morgan fingerprint density at radius 1 is 0.688 bits per heavy atom. The van der Waals surface area contributed by atoms with Crippen molar-refractivity contribution >= 4 is 55.6 Å². The molecule has 0 radical (unpaired) electrons. The second kappa shape index (κ2) is 11.3. The van der Waals surface area contributed by atoms with Gasteiger partial charge >= 0.3 is 0 Å². The average molecular weight is 467 g/mol. The highest BCUT2D eigenvalue weighted by atomic mass is 32.2. The van der Waals surface area contributed by atoms with E-state index in [2.05, 4.69) is 73.0 Å². The summed E-state index contributed by atoms with van der Waals surface area (Å²) in [5.74, 6) is 1.01. The lowest BCUT2D eigenvalue weighted by Gasteiger charge is -2.06. The number of hydrogen-bond acceptors (Lipinski definition) is 6. The van der Waals surface area contributed by atoms with Crippen LogP contribution in [0.2, 0.25) is 0 Å². The Labute approximate surface area is 198 Å². The summed E-state index contributed by atoms with van der Waals surface area (Å²) in [7, 11) is 0. The number of benzene rings is 2. The molecule has 0 N–H and O–H groups in total. The molecule has 0 saturated heterocycles. The molecule has 0 spiro atoms. The van der Waals surface area contributed by atoms with Crippen LogP contribution in [0.3, 0.4) is 0 Å². The fourth-order valence-electron chi connectivity index (χ4n) is 3.08. The Morgan fingerprint density at radius 2 is 1.06 bits per heavy atom. The van der Waals surface area contributed by atoms with Gasteiger partial charge in [-0.25, -0.2) is 9.36 Å². The first kappa shape index (κ1) is 24.1. The predicted octanol–water partition coefficient (Wildman–Crippen LogP) is 6.50. The topological polar surface area (TPSA) is 61.4 Å². The number of aromatic nitrogens is 6. The van der Waals surface area contributed by atoms with E-state index in [4.69, 9.17) is 0 Å². The quantitative estimate of drug-likeness (QED) is 0.323. The third-order valence-electron chi connectivity index (χ3n) is 4.49. The average Bonchev–Trinajstić information content (AvgIpc) is 3.40. The first-order valence-electron chi connectivity index (χ1n) is 10.6. The van der Waals surface area contributed by atoms with Crippen LogP contribution in [0.5, 0.6) is 0 Å². The molecule has 0 saturated carbocycles. The highest BCUT2D eigenvalue weighted by Gasteiger charge is 2.08. The van der Waals surface area contributed by atoms with Crippen molar-refractivity contribution < 1.29 is 0 Å². The number of rotatable bonds is 6. The summed E-state index contributed by atoms with van der Waals surface area (Å²) in [5.41, 5.74) is 3.99. The fourth-order valence-corrected chi connectivity index (χ4v) is 4.52. The molecule has 0 atom stereocenters. The molecule has 2 aromatic heterocycles. The van der Waals surface area contributed by atoms with E-state index in [1.165, 1.54) is 0 Å². The van der Waals surface area contributed by atoms with Crippen LogP contribution in [-0.2, 0) is 0 Å². The number of para-hydroxylation sites is 2. The summed E-state index contributed by atoms with van der Waals surface area (Å²) in [5, 5.41) is 19.0. The SMILES string of the molecule is CS/C(=C/C(C)C)n1nnc2ccccc21.CS/C(=C\C(C)C)n1nnc2ccccc21. The largest absolute Gasteiger partial charge is 0.207 e. The van der Waals surface area contributed by atoms with Crippen LogP contribution in [-0.4, -0.2) is 42.5 Å². The Hall–Kier alpha value is -2.58. The number of hydrogen-bond donors (Lipinski definition) is 0. The van der Waals surface area contributed by atoms with Crippen LogP contribution in [0.25, 0.3) is 32.1 Å². The van der Waals surface area contributed by atoms with E-state index in [-0.39, 0.29) is 0 Å².